The van der Waals surface area contributed by atoms with Crippen LogP contribution in [-0.2, 0) is 29.8 Å². The van der Waals surface area contributed by atoms with Crippen molar-refractivity contribution in [1.29, 1.82) is 0 Å². The second-order valence-corrected chi connectivity index (χ2v) is 9.98. The van der Waals surface area contributed by atoms with Gasteiger partial charge in [0.1, 0.15) is 21.2 Å². The van der Waals surface area contributed by atoms with Gasteiger partial charge in [0.2, 0.25) is 11.8 Å². The van der Waals surface area contributed by atoms with Crippen molar-refractivity contribution >= 4 is 125 Å². The number of phenolic OH excluding ortho intramolecular Hbond substituents is 1. The monoisotopic (exact) mass is 568 g/mol. The Morgan fingerprint density at radius 3 is 1.78 bits per heavy atom. The molecule has 0 aliphatic heterocycles. The zero-order valence-electron chi connectivity index (χ0n) is 20.0. The topological polar surface area (TPSA) is 212 Å². The molecule has 186 valence electrons. The molecule has 0 bridgehead atoms. The first-order valence-corrected chi connectivity index (χ1v) is 12.4. The van der Waals surface area contributed by atoms with Crippen molar-refractivity contribution in [3.8, 4) is 5.75 Å². The zero-order valence-corrected chi connectivity index (χ0v) is 25.7. The molecule has 0 spiro atoms. The Balaban J connectivity index is 0.00000342. The third-order valence-corrected chi connectivity index (χ3v) is 6.23. The summed E-state index contributed by atoms with van der Waals surface area (Å²) in [6.07, 6.45) is 0. The number of nitrogens with one attached hydrogen (secondary N) is 2. The molecule has 3 aromatic rings. The van der Waals surface area contributed by atoms with Crippen molar-refractivity contribution in [3.63, 3.8) is 0 Å². The van der Waals surface area contributed by atoms with Gasteiger partial charge in [-0.3, -0.25) is 18.7 Å². The number of phenols is 1. The number of rotatable bonds is 6. The van der Waals surface area contributed by atoms with Gasteiger partial charge in [-0.05, 0) is 41.8 Å². The number of hydrogen-bond acceptors (Lipinski definition) is 9. The van der Waals surface area contributed by atoms with E-state index in [4.69, 9.17) is 0 Å². The molecule has 17 heteroatoms. The second-order valence-electron chi connectivity index (χ2n) is 7.20. The molecule has 0 aliphatic rings. The van der Waals surface area contributed by atoms with Crippen LogP contribution in [0.1, 0.15) is 13.8 Å². The predicted molar refractivity (Wildman–Crippen MR) is 136 cm³/mol. The molecule has 0 heterocycles. The fraction of sp³-hybridized carbons (Fsp3) is 0.100. The molecule has 3 aromatic carbocycles. The van der Waals surface area contributed by atoms with Crippen molar-refractivity contribution in [2.45, 2.75) is 23.6 Å². The molecular weight excluding hydrogens is 550 g/mol. The fourth-order valence-corrected chi connectivity index (χ4v) is 4.38. The van der Waals surface area contributed by atoms with Crippen LogP contribution in [0.15, 0.2) is 62.5 Å². The van der Waals surface area contributed by atoms with Crippen molar-refractivity contribution in [3.05, 3.63) is 42.5 Å². The Morgan fingerprint density at radius 1 is 0.757 bits per heavy atom. The molecule has 3 rings (SSSR count). The fourth-order valence-electron chi connectivity index (χ4n) is 3.11. The summed E-state index contributed by atoms with van der Waals surface area (Å²) in [7, 11) is -9.77. The molecule has 0 saturated heterocycles. The van der Waals surface area contributed by atoms with Crippen LogP contribution in [-0.4, -0.2) is 102 Å². The first kappa shape index (κ1) is 33.1. The Morgan fingerprint density at radius 2 is 1.27 bits per heavy atom. The minimum Gasteiger partial charge on any atom is -0.505 e. The summed E-state index contributed by atoms with van der Waals surface area (Å²) in [6, 6.07) is 8.26. The SMILES string of the molecule is CC(=O)Nc1ccc(S(=O)(=O)O)c(N=Nc2c(S(=O)(=O)O)cc3ccc(NC(C)=O)cc3c2O)c1.[Na].[Na]. The minimum atomic E-state index is -4.95. The van der Waals surface area contributed by atoms with E-state index in [0.717, 1.165) is 18.2 Å². The summed E-state index contributed by atoms with van der Waals surface area (Å²) in [4.78, 5) is 21.1. The normalized spacial score (nSPS) is 11.5. The zero-order chi connectivity index (χ0) is 26.1. The first-order valence-electron chi connectivity index (χ1n) is 9.52. The first-order chi connectivity index (χ1) is 16.2. The summed E-state index contributed by atoms with van der Waals surface area (Å²) in [5.41, 5.74) is -0.909. The summed E-state index contributed by atoms with van der Waals surface area (Å²) in [6.45, 7) is 2.45. The van der Waals surface area contributed by atoms with E-state index in [0.29, 0.717) is 0 Å². The van der Waals surface area contributed by atoms with Crippen molar-refractivity contribution < 1.29 is 40.6 Å². The largest absolute Gasteiger partial charge is 0.505 e. The van der Waals surface area contributed by atoms with Gasteiger partial charge in [0.15, 0.2) is 5.75 Å². The smallest absolute Gasteiger partial charge is 0.296 e. The maximum Gasteiger partial charge on any atom is 0.296 e. The standard InChI is InChI=1S/C20H18N4O9S2.2Na/c1-10(25)21-13-4-3-12-7-18(35(31,32)33)19(20(27)15(12)8-13)24-23-16-9-14(22-11(2)26)5-6-17(16)34(28,29)30;;/h3-9,27H,1-2H3,(H,21,25)(H,22,26)(H,28,29,30)(H,31,32,33);;. The van der Waals surface area contributed by atoms with Gasteiger partial charge in [-0.1, -0.05) is 6.07 Å². The molecule has 0 atom stereocenters. The molecule has 2 amide bonds. The van der Waals surface area contributed by atoms with Crippen LogP contribution in [0.4, 0.5) is 22.7 Å². The summed E-state index contributed by atoms with van der Waals surface area (Å²) >= 11 is 0. The van der Waals surface area contributed by atoms with E-state index in [1.807, 2.05) is 0 Å². The molecular formula is C20H18N4Na2O9S2. The maximum atomic E-state index is 12.0. The molecule has 0 aliphatic carbocycles. The quantitative estimate of drug-likeness (QED) is 0.168. The van der Waals surface area contributed by atoms with Crippen LogP contribution in [0.5, 0.6) is 5.75 Å². The van der Waals surface area contributed by atoms with E-state index < -0.39 is 59.0 Å². The average Bonchev–Trinajstić information content (AvgIpc) is 2.71. The van der Waals surface area contributed by atoms with Crippen LogP contribution >= 0.6 is 0 Å². The van der Waals surface area contributed by atoms with Crippen molar-refractivity contribution in [2.24, 2.45) is 10.2 Å². The van der Waals surface area contributed by atoms with Gasteiger partial charge in [0.25, 0.3) is 20.2 Å². The average molecular weight is 568 g/mol. The van der Waals surface area contributed by atoms with Gasteiger partial charge in [-0.2, -0.15) is 16.8 Å². The molecule has 0 fully saturated rings. The van der Waals surface area contributed by atoms with E-state index in [1.165, 1.54) is 38.1 Å². The van der Waals surface area contributed by atoms with Gasteiger partial charge in [-0.25, -0.2) is 0 Å². The number of benzene rings is 3. The van der Waals surface area contributed by atoms with Crippen LogP contribution < -0.4 is 10.6 Å². The number of nitrogens with zero attached hydrogens (tertiary/aromatic N) is 2. The summed E-state index contributed by atoms with van der Waals surface area (Å²) < 4.78 is 66.6. The summed E-state index contributed by atoms with van der Waals surface area (Å²) in [5.74, 6) is -1.66. The van der Waals surface area contributed by atoms with Gasteiger partial charge in [-0.15, -0.1) is 10.2 Å². The van der Waals surface area contributed by atoms with Crippen LogP contribution in [0, 0.1) is 0 Å². The Labute approximate surface area is 255 Å². The molecule has 37 heavy (non-hydrogen) atoms. The van der Waals surface area contributed by atoms with Crippen LogP contribution in [0.3, 0.4) is 0 Å². The predicted octanol–water partition coefficient (Wildman–Crippen LogP) is 2.61. The van der Waals surface area contributed by atoms with Crippen molar-refractivity contribution in [2.75, 3.05) is 10.6 Å². The molecule has 13 nitrogen and oxygen atoms in total. The van der Waals surface area contributed by atoms with Gasteiger partial charge < -0.3 is 15.7 Å². The minimum absolute atomic E-state index is 0. The number of fused-ring (bicyclic) bond motifs is 1. The van der Waals surface area contributed by atoms with E-state index in [1.54, 1.807) is 0 Å². The summed E-state index contributed by atoms with van der Waals surface area (Å²) in [5, 5.41) is 23.1. The van der Waals surface area contributed by atoms with E-state index in [9.17, 15) is 40.6 Å². The number of amides is 2. The van der Waals surface area contributed by atoms with Gasteiger partial charge >= 0.3 is 0 Å². The third-order valence-electron chi connectivity index (χ3n) is 4.47. The number of anilines is 2. The Hall–Kier alpha value is -1.92. The number of azo groups is 1. The van der Waals surface area contributed by atoms with Gasteiger partial charge in [0, 0.05) is 89.7 Å². The van der Waals surface area contributed by atoms with Crippen molar-refractivity contribution in [1.82, 2.24) is 0 Å². The van der Waals surface area contributed by atoms with E-state index in [-0.39, 0.29) is 81.3 Å². The molecule has 0 saturated carbocycles. The number of carbonyl (C=O) groups is 2. The number of hydrogen-bond donors (Lipinski definition) is 5. The van der Waals surface area contributed by atoms with Gasteiger partial charge in [0.05, 0.1) is 0 Å². The molecule has 0 unspecified atom stereocenters. The van der Waals surface area contributed by atoms with Crippen LogP contribution in [0.25, 0.3) is 10.8 Å². The molecule has 2 radical (unpaired) electrons. The number of aromatic hydroxyl groups is 1. The molecule has 5 N–H and O–H groups in total. The Kier molecular flexibility index (Phi) is 11.4. The van der Waals surface area contributed by atoms with E-state index >= 15 is 0 Å². The Bertz CT molecular complexity index is 1630. The maximum absolute atomic E-state index is 12.0. The number of carbonyl (C=O) groups excluding carboxylic acids is 2. The van der Waals surface area contributed by atoms with E-state index in [2.05, 4.69) is 20.9 Å². The van der Waals surface area contributed by atoms with Crippen LogP contribution in [0.2, 0.25) is 0 Å². The molecule has 0 aromatic heterocycles. The third kappa shape index (κ3) is 8.28. The second kappa shape index (κ2) is 12.8.